The molecule has 0 bridgehead atoms. The number of hydrogen-bond acceptors (Lipinski definition) is 3. The first-order valence-electron chi connectivity index (χ1n) is 3.69. The molecule has 1 atom stereocenters. The minimum atomic E-state index is -1.10. The summed E-state index contributed by atoms with van der Waals surface area (Å²) in [6, 6.07) is 5.00. The molecule has 0 aliphatic carbocycles. The molecule has 0 aliphatic heterocycles. The quantitative estimate of drug-likeness (QED) is 0.365. The Kier molecular flexibility index (Phi) is 6.45. The molecule has 1 aromatic rings. The first-order chi connectivity index (χ1) is 6.02. The molecular formula is C9H11NaO2S2. The normalized spacial score (nSPS) is 11.7. The Balaban J connectivity index is 0.00000169. The first kappa shape index (κ1) is 14.6. The van der Waals surface area contributed by atoms with Gasteiger partial charge in [-0.1, -0.05) is 0 Å². The van der Waals surface area contributed by atoms with Gasteiger partial charge in [-0.05, 0) is 30.2 Å². The van der Waals surface area contributed by atoms with E-state index in [4.69, 9.17) is 0 Å². The van der Waals surface area contributed by atoms with Gasteiger partial charge in [-0.2, -0.15) is 0 Å². The fourth-order valence-corrected chi connectivity index (χ4v) is 2.14. The van der Waals surface area contributed by atoms with Gasteiger partial charge in [0.25, 0.3) is 0 Å². The molecule has 0 saturated carbocycles. The molecule has 0 radical (unpaired) electrons. The van der Waals surface area contributed by atoms with Crippen LogP contribution < -0.4 is 0 Å². The van der Waals surface area contributed by atoms with E-state index in [2.05, 4.69) is 12.6 Å². The number of rotatable bonds is 2. The maximum atomic E-state index is 11.2. The van der Waals surface area contributed by atoms with Crippen LogP contribution in [0.2, 0.25) is 0 Å². The number of hydrogen-bond donors (Lipinski definition) is 1. The molecule has 14 heavy (non-hydrogen) atoms. The van der Waals surface area contributed by atoms with E-state index >= 15 is 0 Å². The van der Waals surface area contributed by atoms with Crippen LogP contribution in [0.25, 0.3) is 0 Å². The Hall–Kier alpha value is 0.550. The van der Waals surface area contributed by atoms with Crippen molar-refractivity contribution in [1.29, 1.82) is 0 Å². The zero-order chi connectivity index (χ0) is 10.0. The second-order valence-electron chi connectivity index (χ2n) is 2.69. The second kappa shape index (κ2) is 6.20. The van der Waals surface area contributed by atoms with Crippen molar-refractivity contribution in [3.8, 4) is 0 Å². The number of Topliss-reactive ketones (excluding diaryl/α,β-unsaturated/α-hetero) is 1. The van der Waals surface area contributed by atoms with E-state index in [0.717, 1.165) is 0 Å². The molecule has 1 rings (SSSR count). The van der Waals surface area contributed by atoms with Gasteiger partial charge in [0.15, 0.2) is 10.7 Å². The average molecular weight is 238 g/mol. The molecule has 0 heterocycles. The van der Waals surface area contributed by atoms with E-state index in [0.29, 0.717) is 15.4 Å². The van der Waals surface area contributed by atoms with Gasteiger partial charge < -0.3 is 4.55 Å². The summed E-state index contributed by atoms with van der Waals surface area (Å²) in [5.41, 5.74) is 0.572. The van der Waals surface area contributed by atoms with Crippen molar-refractivity contribution in [1.82, 2.24) is 0 Å². The third-order valence-electron chi connectivity index (χ3n) is 1.68. The summed E-state index contributed by atoms with van der Waals surface area (Å²) < 4.78 is 11.2. The van der Waals surface area contributed by atoms with Crippen molar-refractivity contribution in [2.24, 2.45) is 0 Å². The van der Waals surface area contributed by atoms with Crippen LogP contribution in [-0.4, -0.2) is 46.1 Å². The van der Waals surface area contributed by atoms with Crippen molar-refractivity contribution >= 4 is 59.1 Å². The second-order valence-corrected chi connectivity index (χ2v) is 4.52. The molecule has 0 spiro atoms. The Morgan fingerprint density at radius 1 is 1.50 bits per heavy atom. The summed E-state index contributed by atoms with van der Waals surface area (Å²) in [5.74, 6) is -0.0277. The summed E-state index contributed by atoms with van der Waals surface area (Å²) in [7, 11) is 0. The molecule has 0 N–H and O–H groups in total. The third-order valence-corrected chi connectivity index (χ3v) is 3.17. The molecule has 5 heteroatoms. The van der Waals surface area contributed by atoms with E-state index in [1.54, 1.807) is 24.5 Å². The van der Waals surface area contributed by atoms with Gasteiger partial charge in [0.2, 0.25) is 0 Å². The van der Waals surface area contributed by atoms with Crippen molar-refractivity contribution in [2.45, 2.75) is 16.7 Å². The van der Waals surface area contributed by atoms with Gasteiger partial charge in [0.05, 0.1) is 4.90 Å². The summed E-state index contributed by atoms with van der Waals surface area (Å²) >= 11 is 3.05. The molecule has 0 aliphatic rings. The SMILES string of the molecule is CC(=O)c1ccc(S)c([S+](C)[O-])c1.[NaH]. The Morgan fingerprint density at radius 3 is 2.50 bits per heavy atom. The van der Waals surface area contributed by atoms with Gasteiger partial charge in [0.1, 0.15) is 6.26 Å². The van der Waals surface area contributed by atoms with Crippen molar-refractivity contribution in [3.63, 3.8) is 0 Å². The molecule has 0 amide bonds. The Morgan fingerprint density at radius 2 is 2.07 bits per heavy atom. The van der Waals surface area contributed by atoms with Crippen molar-refractivity contribution in [2.75, 3.05) is 6.26 Å². The predicted octanol–water partition coefficient (Wildman–Crippen LogP) is 1.27. The van der Waals surface area contributed by atoms with Gasteiger partial charge in [-0.3, -0.25) is 4.79 Å². The predicted molar refractivity (Wildman–Crippen MR) is 63.2 cm³/mol. The van der Waals surface area contributed by atoms with E-state index < -0.39 is 11.2 Å². The van der Waals surface area contributed by atoms with Crippen LogP contribution in [0.4, 0.5) is 0 Å². The maximum absolute atomic E-state index is 11.2. The van der Waals surface area contributed by atoms with E-state index in [1.807, 2.05) is 0 Å². The van der Waals surface area contributed by atoms with E-state index in [-0.39, 0.29) is 35.3 Å². The standard InChI is InChI=1S/C9H10O2S2.Na.H/c1-6(10)7-3-4-8(12)9(5-7)13(2)11;;/h3-5,12H,1-2H3;;. The zero-order valence-corrected chi connectivity index (χ0v) is 9.11. The molecule has 0 aromatic heterocycles. The number of carbonyl (C=O) groups excluding carboxylic acids is 1. The van der Waals surface area contributed by atoms with Crippen LogP contribution in [0.3, 0.4) is 0 Å². The van der Waals surface area contributed by atoms with Gasteiger partial charge in [-0.25, -0.2) is 0 Å². The fourth-order valence-electron chi connectivity index (χ4n) is 0.963. The monoisotopic (exact) mass is 238 g/mol. The summed E-state index contributed by atoms with van der Waals surface area (Å²) in [6.07, 6.45) is 1.57. The number of ketones is 1. The number of benzene rings is 1. The molecule has 1 aromatic carbocycles. The summed E-state index contributed by atoms with van der Waals surface area (Å²) in [6.45, 7) is 1.48. The van der Waals surface area contributed by atoms with Crippen LogP contribution in [-0.2, 0) is 11.2 Å². The average Bonchev–Trinajstić information content (AvgIpc) is 2.04. The zero-order valence-electron chi connectivity index (χ0n) is 7.40. The summed E-state index contributed by atoms with van der Waals surface area (Å²) in [4.78, 5) is 12.3. The Bertz CT molecular complexity index is 340. The van der Waals surface area contributed by atoms with Crippen LogP contribution in [0.15, 0.2) is 28.0 Å². The van der Waals surface area contributed by atoms with Gasteiger partial charge in [0, 0.05) is 11.6 Å². The van der Waals surface area contributed by atoms with Crippen LogP contribution in [0.1, 0.15) is 17.3 Å². The fraction of sp³-hybridized carbons (Fsp3) is 0.222. The van der Waals surface area contributed by atoms with E-state index in [1.165, 1.54) is 6.92 Å². The van der Waals surface area contributed by atoms with Gasteiger partial charge in [-0.15, -0.1) is 12.6 Å². The third kappa shape index (κ3) is 3.61. The van der Waals surface area contributed by atoms with Crippen LogP contribution >= 0.6 is 12.6 Å². The van der Waals surface area contributed by atoms with Crippen molar-refractivity contribution < 1.29 is 9.35 Å². The molecular weight excluding hydrogens is 227 g/mol. The Labute approximate surface area is 114 Å². The van der Waals surface area contributed by atoms with E-state index in [9.17, 15) is 9.35 Å². The minimum absolute atomic E-state index is 0. The molecule has 2 nitrogen and oxygen atoms in total. The van der Waals surface area contributed by atoms with Crippen LogP contribution in [0, 0.1) is 0 Å². The van der Waals surface area contributed by atoms with Crippen LogP contribution in [0.5, 0.6) is 0 Å². The molecule has 0 fully saturated rings. The first-order valence-corrected chi connectivity index (χ1v) is 5.70. The topological polar surface area (TPSA) is 40.1 Å². The summed E-state index contributed by atoms with van der Waals surface area (Å²) in [5, 5.41) is 0. The van der Waals surface area contributed by atoms with Gasteiger partial charge >= 0.3 is 29.6 Å². The number of thiol groups is 1. The van der Waals surface area contributed by atoms with Crippen molar-refractivity contribution in [3.05, 3.63) is 23.8 Å². The molecule has 72 valence electrons. The molecule has 0 saturated heterocycles. The number of carbonyl (C=O) groups is 1. The molecule has 1 unspecified atom stereocenters.